The number of hydrogen-bond acceptors (Lipinski definition) is 3. The van der Waals surface area contributed by atoms with Crippen LogP contribution in [0.3, 0.4) is 0 Å². The number of benzene rings is 3. The van der Waals surface area contributed by atoms with Crippen molar-refractivity contribution in [1.29, 1.82) is 0 Å². The van der Waals surface area contributed by atoms with E-state index in [-0.39, 0.29) is 5.91 Å². The van der Waals surface area contributed by atoms with Gasteiger partial charge in [-0.3, -0.25) is 4.79 Å². The number of anilines is 1. The Morgan fingerprint density at radius 1 is 0.923 bits per heavy atom. The maximum atomic E-state index is 12.5. The van der Waals surface area contributed by atoms with E-state index in [1.807, 2.05) is 67.6 Å². The average molecular weight is 347 g/mol. The van der Waals surface area contributed by atoms with Gasteiger partial charge in [-0.2, -0.15) is 0 Å². The predicted octanol–water partition coefficient (Wildman–Crippen LogP) is 4.83. The molecule has 0 saturated heterocycles. The number of nitrogens with one attached hydrogen (secondary N) is 1. The number of hydrogen-bond donors (Lipinski definition) is 1. The molecule has 3 aromatic rings. The largest absolute Gasteiger partial charge is 0.497 e. The third-order valence-electron chi connectivity index (χ3n) is 4.05. The third kappa shape index (κ3) is 4.42. The summed E-state index contributed by atoms with van der Waals surface area (Å²) in [6.07, 6.45) is 0. The number of carbonyl (C=O) groups excluding carboxylic acids is 1. The fourth-order valence-corrected chi connectivity index (χ4v) is 2.52. The second-order valence-corrected chi connectivity index (χ2v) is 5.93. The first kappa shape index (κ1) is 17.5. The van der Waals surface area contributed by atoms with E-state index in [4.69, 9.17) is 9.47 Å². The second-order valence-electron chi connectivity index (χ2n) is 5.93. The quantitative estimate of drug-likeness (QED) is 0.694. The fourth-order valence-electron chi connectivity index (χ4n) is 2.52. The number of methoxy groups -OCH3 is 1. The molecule has 3 rings (SSSR count). The highest BCUT2D eigenvalue weighted by molar-refractivity contribution is 6.04. The summed E-state index contributed by atoms with van der Waals surface area (Å²) in [6.45, 7) is 2.39. The molecule has 0 radical (unpaired) electrons. The Morgan fingerprint density at radius 3 is 2.42 bits per heavy atom. The van der Waals surface area contributed by atoms with Crippen LogP contribution in [-0.2, 0) is 6.61 Å². The summed E-state index contributed by atoms with van der Waals surface area (Å²) in [6, 6.07) is 22.6. The van der Waals surface area contributed by atoms with Gasteiger partial charge in [-0.25, -0.2) is 0 Å². The SMILES string of the molecule is COc1ccc(COc2cccc(C(=O)Nc3ccccc3C)c2)cc1. The molecular weight excluding hydrogens is 326 g/mol. The average Bonchev–Trinajstić information content (AvgIpc) is 2.69. The maximum absolute atomic E-state index is 12.5. The monoisotopic (exact) mass is 347 g/mol. The van der Waals surface area contributed by atoms with Crippen molar-refractivity contribution >= 4 is 11.6 Å². The van der Waals surface area contributed by atoms with Crippen LogP contribution in [0.5, 0.6) is 11.5 Å². The lowest BCUT2D eigenvalue weighted by molar-refractivity contribution is 0.102. The Bertz CT molecular complexity index is 888. The molecule has 0 unspecified atom stereocenters. The molecule has 0 fully saturated rings. The zero-order chi connectivity index (χ0) is 18.4. The Kier molecular flexibility index (Phi) is 5.54. The molecule has 1 amide bonds. The minimum absolute atomic E-state index is 0.158. The van der Waals surface area contributed by atoms with Gasteiger partial charge in [0.1, 0.15) is 18.1 Å². The van der Waals surface area contributed by atoms with Crippen LogP contribution >= 0.6 is 0 Å². The van der Waals surface area contributed by atoms with Gasteiger partial charge in [-0.1, -0.05) is 36.4 Å². The van der Waals surface area contributed by atoms with Crippen molar-refractivity contribution in [2.24, 2.45) is 0 Å². The van der Waals surface area contributed by atoms with Crippen molar-refractivity contribution in [3.63, 3.8) is 0 Å². The Hall–Kier alpha value is -3.27. The van der Waals surface area contributed by atoms with Gasteiger partial charge in [-0.05, 0) is 54.4 Å². The molecule has 26 heavy (non-hydrogen) atoms. The predicted molar refractivity (Wildman–Crippen MR) is 103 cm³/mol. The molecule has 0 atom stereocenters. The molecular formula is C22H21NO3. The Balaban J connectivity index is 1.65. The Morgan fingerprint density at radius 2 is 1.69 bits per heavy atom. The number of ether oxygens (including phenoxy) is 2. The molecule has 0 aromatic heterocycles. The number of carbonyl (C=O) groups is 1. The van der Waals surface area contributed by atoms with Crippen molar-refractivity contribution in [2.45, 2.75) is 13.5 Å². The summed E-state index contributed by atoms with van der Waals surface area (Å²) in [5.74, 6) is 1.30. The van der Waals surface area contributed by atoms with Crippen molar-refractivity contribution in [2.75, 3.05) is 12.4 Å². The molecule has 0 bridgehead atoms. The first-order valence-electron chi connectivity index (χ1n) is 8.38. The smallest absolute Gasteiger partial charge is 0.255 e. The molecule has 0 aliphatic carbocycles. The molecule has 0 aliphatic rings. The summed E-state index contributed by atoms with van der Waals surface area (Å²) < 4.78 is 11.0. The molecule has 4 heteroatoms. The van der Waals surface area contributed by atoms with Crippen molar-refractivity contribution < 1.29 is 14.3 Å². The third-order valence-corrected chi connectivity index (χ3v) is 4.05. The van der Waals surface area contributed by atoms with Crippen LogP contribution in [0.15, 0.2) is 72.8 Å². The lowest BCUT2D eigenvalue weighted by Gasteiger charge is -2.10. The van der Waals surface area contributed by atoms with Crippen LogP contribution in [0.2, 0.25) is 0 Å². The molecule has 0 spiro atoms. The highest BCUT2D eigenvalue weighted by Gasteiger charge is 2.08. The molecule has 0 saturated carbocycles. The van der Waals surface area contributed by atoms with Gasteiger partial charge < -0.3 is 14.8 Å². The summed E-state index contributed by atoms with van der Waals surface area (Å²) >= 11 is 0. The molecule has 132 valence electrons. The Labute approximate surface area is 153 Å². The van der Waals surface area contributed by atoms with E-state index < -0.39 is 0 Å². The lowest BCUT2D eigenvalue weighted by Crippen LogP contribution is -2.12. The van der Waals surface area contributed by atoms with Crippen LogP contribution < -0.4 is 14.8 Å². The topological polar surface area (TPSA) is 47.6 Å². The van der Waals surface area contributed by atoms with E-state index in [9.17, 15) is 4.79 Å². The summed E-state index contributed by atoms with van der Waals surface area (Å²) in [5.41, 5.74) is 3.41. The van der Waals surface area contributed by atoms with E-state index in [0.29, 0.717) is 17.9 Å². The van der Waals surface area contributed by atoms with Crippen LogP contribution in [0, 0.1) is 6.92 Å². The van der Waals surface area contributed by atoms with Crippen LogP contribution in [-0.4, -0.2) is 13.0 Å². The molecule has 1 N–H and O–H groups in total. The van der Waals surface area contributed by atoms with E-state index in [0.717, 1.165) is 22.6 Å². The van der Waals surface area contributed by atoms with Gasteiger partial charge in [-0.15, -0.1) is 0 Å². The highest BCUT2D eigenvalue weighted by atomic mass is 16.5. The van der Waals surface area contributed by atoms with Crippen LogP contribution in [0.25, 0.3) is 0 Å². The highest BCUT2D eigenvalue weighted by Crippen LogP contribution is 2.19. The molecule has 0 heterocycles. The minimum atomic E-state index is -0.158. The standard InChI is InChI=1S/C22H21NO3/c1-16-6-3-4-9-21(16)23-22(24)18-7-5-8-20(14-18)26-15-17-10-12-19(25-2)13-11-17/h3-14H,15H2,1-2H3,(H,23,24). The first-order valence-corrected chi connectivity index (χ1v) is 8.38. The summed E-state index contributed by atoms with van der Waals surface area (Å²) in [4.78, 5) is 12.5. The van der Waals surface area contributed by atoms with Gasteiger partial charge in [0.05, 0.1) is 7.11 Å². The van der Waals surface area contributed by atoms with Crippen molar-refractivity contribution in [3.8, 4) is 11.5 Å². The van der Waals surface area contributed by atoms with Gasteiger partial charge in [0, 0.05) is 11.3 Å². The van der Waals surface area contributed by atoms with Crippen molar-refractivity contribution in [1.82, 2.24) is 0 Å². The second kappa shape index (κ2) is 8.21. The van der Waals surface area contributed by atoms with E-state index >= 15 is 0 Å². The van der Waals surface area contributed by atoms with Crippen LogP contribution in [0.4, 0.5) is 5.69 Å². The van der Waals surface area contributed by atoms with Gasteiger partial charge in [0.2, 0.25) is 0 Å². The molecule has 4 nitrogen and oxygen atoms in total. The van der Waals surface area contributed by atoms with E-state index in [1.54, 1.807) is 19.2 Å². The zero-order valence-electron chi connectivity index (χ0n) is 14.9. The van der Waals surface area contributed by atoms with Gasteiger partial charge in [0.15, 0.2) is 0 Å². The number of amides is 1. The fraction of sp³-hybridized carbons (Fsp3) is 0.136. The maximum Gasteiger partial charge on any atom is 0.255 e. The molecule has 3 aromatic carbocycles. The van der Waals surface area contributed by atoms with Crippen molar-refractivity contribution in [3.05, 3.63) is 89.5 Å². The number of aryl methyl sites for hydroxylation is 1. The summed E-state index contributed by atoms with van der Waals surface area (Å²) in [7, 11) is 1.64. The molecule has 0 aliphatic heterocycles. The number of rotatable bonds is 6. The van der Waals surface area contributed by atoms with Gasteiger partial charge >= 0.3 is 0 Å². The summed E-state index contributed by atoms with van der Waals surface area (Å²) in [5, 5.41) is 2.93. The van der Waals surface area contributed by atoms with E-state index in [2.05, 4.69) is 5.32 Å². The number of para-hydroxylation sites is 1. The van der Waals surface area contributed by atoms with Gasteiger partial charge in [0.25, 0.3) is 5.91 Å². The van der Waals surface area contributed by atoms with Crippen LogP contribution in [0.1, 0.15) is 21.5 Å². The van der Waals surface area contributed by atoms with E-state index in [1.165, 1.54) is 0 Å². The lowest BCUT2D eigenvalue weighted by atomic mass is 10.1. The first-order chi connectivity index (χ1) is 12.7. The normalized spacial score (nSPS) is 10.2. The zero-order valence-corrected chi connectivity index (χ0v) is 14.9. The minimum Gasteiger partial charge on any atom is -0.497 e.